The lowest BCUT2D eigenvalue weighted by atomic mass is 10.0. The molecule has 0 fully saturated rings. The first-order valence-electron chi connectivity index (χ1n) is 6.86. The van der Waals surface area contributed by atoms with Gasteiger partial charge in [0.05, 0.1) is 16.8 Å². The summed E-state index contributed by atoms with van der Waals surface area (Å²) in [7, 11) is 0. The molecule has 2 rings (SSSR count). The van der Waals surface area contributed by atoms with Crippen LogP contribution in [0, 0.1) is 0 Å². The van der Waals surface area contributed by atoms with Gasteiger partial charge in [-0.25, -0.2) is 9.97 Å². The van der Waals surface area contributed by atoms with Gasteiger partial charge in [-0.05, 0) is 30.3 Å². The second-order valence-electron chi connectivity index (χ2n) is 4.30. The largest absolute Gasteiger partial charge is 0.416 e. The minimum atomic E-state index is -4.91. The van der Waals surface area contributed by atoms with Crippen LogP contribution in [0.5, 0.6) is 0 Å². The average Bonchev–Trinajstić information content (AvgIpc) is 2.55. The van der Waals surface area contributed by atoms with Gasteiger partial charge in [0.25, 0.3) is 0 Å². The molecule has 0 saturated heterocycles. The van der Waals surface area contributed by atoms with E-state index in [1.54, 1.807) is 0 Å². The molecule has 0 aliphatic rings. The Labute approximate surface area is 134 Å². The van der Waals surface area contributed by atoms with Crippen LogP contribution in [-0.2, 0) is 12.4 Å². The molecule has 2 nitrogen and oxygen atoms in total. The van der Waals surface area contributed by atoms with E-state index in [-0.39, 0.29) is 23.1 Å². The SMILES string of the molecule is C=Cc1ccnc(-c2cc(C(F)(F)F)cc(C(F)(F)F)c2)n1.CC. The Morgan fingerprint density at radius 1 is 0.917 bits per heavy atom. The zero-order valence-corrected chi connectivity index (χ0v) is 12.8. The molecule has 0 bridgehead atoms. The van der Waals surface area contributed by atoms with Crippen molar-refractivity contribution in [1.29, 1.82) is 0 Å². The summed E-state index contributed by atoms with van der Waals surface area (Å²) in [5, 5.41) is 0. The number of benzene rings is 1. The molecule has 24 heavy (non-hydrogen) atoms. The number of nitrogens with zero attached hydrogens (tertiary/aromatic N) is 2. The smallest absolute Gasteiger partial charge is 0.237 e. The highest BCUT2D eigenvalue weighted by molar-refractivity contribution is 5.60. The highest BCUT2D eigenvalue weighted by Crippen LogP contribution is 2.38. The molecule has 1 aromatic carbocycles. The van der Waals surface area contributed by atoms with Crippen LogP contribution in [0.3, 0.4) is 0 Å². The minimum Gasteiger partial charge on any atom is -0.237 e. The molecule has 0 aliphatic heterocycles. The fourth-order valence-corrected chi connectivity index (χ4v) is 1.71. The van der Waals surface area contributed by atoms with Crippen LogP contribution in [0.4, 0.5) is 26.3 Å². The molecule has 0 spiro atoms. The van der Waals surface area contributed by atoms with Gasteiger partial charge in [-0.3, -0.25) is 0 Å². The summed E-state index contributed by atoms with van der Waals surface area (Å²) < 4.78 is 76.6. The van der Waals surface area contributed by atoms with Crippen LogP contribution in [0.15, 0.2) is 37.0 Å². The number of rotatable bonds is 2. The third-order valence-electron chi connectivity index (χ3n) is 2.73. The van der Waals surface area contributed by atoms with E-state index in [0.29, 0.717) is 12.1 Å². The van der Waals surface area contributed by atoms with Crippen molar-refractivity contribution < 1.29 is 26.3 Å². The zero-order chi connectivity index (χ0) is 18.5. The molecule has 0 radical (unpaired) electrons. The molecule has 0 amide bonds. The molecule has 0 atom stereocenters. The predicted molar refractivity (Wildman–Crippen MR) is 78.9 cm³/mol. The Bertz CT molecular complexity index is 672. The van der Waals surface area contributed by atoms with E-state index in [1.165, 1.54) is 18.3 Å². The lowest BCUT2D eigenvalue weighted by Crippen LogP contribution is -2.11. The number of halogens is 6. The standard InChI is InChI=1S/C14H8F6N2.C2H6/c1-2-11-3-4-21-12(22-11)8-5-9(13(15,16)17)7-10(6-8)14(18,19)20;1-2/h2-7H,1H2;1-2H3. The van der Waals surface area contributed by atoms with Gasteiger partial charge in [-0.15, -0.1) is 0 Å². The Morgan fingerprint density at radius 3 is 1.83 bits per heavy atom. The molecular weight excluding hydrogens is 334 g/mol. The van der Waals surface area contributed by atoms with E-state index < -0.39 is 23.5 Å². The summed E-state index contributed by atoms with van der Waals surface area (Å²) in [6, 6.07) is 2.64. The fourth-order valence-electron chi connectivity index (χ4n) is 1.71. The van der Waals surface area contributed by atoms with Crippen molar-refractivity contribution in [2.75, 3.05) is 0 Å². The number of aromatic nitrogens is 2. The van der Waals surface area contributed by atoms with Gasteiger partial charge in [-0.1, -0.05) is 20.4 Å². The molecule has 1 heterocycles. The van der Waals surface area contributed by atoms with Crippen molar-refractivity contribution in [2.45, 2.75) is 26.2 Å². The van der Waals surface area contributed by atoms with Crippen LogP contribution >= 0.6 is 0 Å². The summed E-state index contributed by atoms with van der Waals surface area (Å²) in [5.74, 6) is -0.242. The number of hydrogen-bond donors (Lipinski definition) is 0. The lowest BCUT2D eigenvalue weighted by Gasteiger charge is -2.13. The second-order valence-corrected chi connectivity index (χ2v) is 4.30. The van der Waals surface area contributed by atoms with Gasteiger partial charge in [-0.2, -0.15) is 26.3 Å². The highest BCUT2D eigenvalue weighted by atomic mass is 19.4. The van der Waals surface area contributed by atoms with Crippen LogP contribution < -0.4 is 0 Å². The van der Waals surface area contributed by atoms with E-state index >= 15 is 0 Å². The number of alkyl halides is 6. The monoisotopic (exact) mass is 348 g/mol. The van der Waals surface area contributed by atoms with Gasteiger partial charge in [0.2, 0.25) is 0 Å². The van der Waals surface area contributed by atoms with E-state index in [2.05, 4.69) is 16.5 Å². The van der Waals surface area contributed by atoms with Crippen molar-refractivity contribution in [3.8, 4) is 11.4 Å². The van der Waals surface area contributed by atoms with Crippen LogP contribution in [0.2, 0.25) is 0 Å². The van der Waals surface area contributed by atoms with Gasteiger partial charge < -0.3 is 0 Å². The highest BCUT2D eigenvalue weighted by Gasteiger charge is 2.37. The van der Waals surface area contributed by atoms with E-state index in [1.807, 2.05) is 13.8 Å². The van der Waals surface area contributed by atoms with Crippen LogP contribution in [0.25, 0.3) is 17.5 Å². The molecule has 0 unspecified atom stereocenters. The first-order chi connectivity index (χ1) is 11.1. The quantitative estimate of drug-likeness (QED) is 0.636. The topological polar surface area (TPSA) is 25.8 Å². The molecule has 0 saturated carbocycles. The minimum absolute atomic E-state index is 0.0564. The predicted octanol–water partition coefficient (Wildman–Crippen LogP) is 5.85. The van der Waals surface area contributed by atoms with Gasteiger partial charge in [0.1, 0.15) is 0 Å². The first kappa shape index (κ1) is 19.7. The zero-order valence-electron chi connectivity index (χ0n) is 12.8. The Kier molecular flexibility index (Phi) is 6.11. The Morgan fingerprint density at radius 2 is 1.42 bits per heavy atom. The maximum atomic E-state index is 12.8. The van der Waals surface area contributed by atoms with E-state index in [4.69, 9.17) is 0 Å². The van der Waals surface area contributed by atoms with Crippen LogP contribution in [0.1, 0.15) is 30.7 Å². The van der Waals surface area contributed by atoms with Crippen molar-refractivity contribution in [2.24, 2.45) is 0 Å². The molecular formula is C16H14F6N2. The van der Waals surface area contributed by atoms with Gasteiger partial charge in [0.15, 0.2) is 5.82 Å². The van der Waals surface area contributed by atoms with Crippen molar-refractivity contribution >= 4 is 6.08 Å². The summed E-state index contributed by atoms with van der Waals surface area (Å²) in [4.78, 5) is 7.55. The number of hydrogen-bond acceptors (Lipinski definition) is 2. The average molecular weight is 348 g/mol. The third kappa shape index (κ3) is 4.81. The Balaban J connectivity index is 0.00000139. The van der Waals surface area contributed by atoms with Crippen molar-refractivity contribution in [3.05, 3.63) is 53.9 Å². The van der Waals surface area contributed by atoms with Gasteiger partial charge >= 0.3 is 12.4 Å². The summed E-state index contributed by atoms with van der Waals surface area (Å²) in [6.07, 6.45) is -7.28. The molecule has 8 heteroatoms. The third-order valence-corrected chi connectivity index (χ3v) is 2.73. The maximum absolute atomic E-state index is 12.8. The van der Waals surface area contributed by atoms with Crippen molar-refractivity contribution in [1.82, 2.24) is 9.97 Å². The first-order valence-corrected chi connectivity index (χ1v) is 6.86. The van der Waals surface area contributed by atoms with Crippen molar-refractivity contribution in [3.63, 3.8) is 0 Å². The Hall–Kier alpha value is -2.38. The molecule has 1 aromatic heterocycles. The fraction of sp³-hybridized carbons (Fsp3) is 0.250. The lowest BCUT2D eigenvalue weighted by molar-refractivity contribution is -0.143. The van der Waals surface area contributed by atoms with E-state index in [0.717, 1.165) is 0 Å². The second kappa shape index (κ2) is 7.46. The van der Waals surface area contributed by atoms with Gasteiger partial charge in [0, 0.05) is 11.8 Å². The molecule has 0 aliphatic carbocycles. The molecule has 2 aromatic rings. The molecule has 0 N–H and O–H groups in total. The normalized spacial score (nSPS) is 11.5. The van der Waals surface area contributed by atoms with Crippen LogP contribution in [-0.4, -0.2) is 9.97 Å². The van der Waals surface area contributed by atoms with E-state index in [9.17, 15) is 26.3 Å². The molecule has 130 valence electrons. The maximum Gasteiger partial charge on any atom is 0.416 e. The summed E-state index contributed by atoms with van der Waals surface area (Å²) in [6.45, 7) is 7.43. The summed E-state index contributed by atoms with van der Waals surface area (Å²) in [5.41, 5.74) is -2.91. The summed E-state index contributed by atoms with van der Waals surface area (Å²) >= 11 is 0.